The molecule has 27 heavy (non-hydrogen) atoms. The number of aliphatic hydroxyl groups excluding tert-OH is 1. The standard InChI is InChI=1S/C21H23ClO4S/c1-10-6-17(24)19-15(9-27-13-5-3-4-12(22)7-13)21(25)26-20(19)18-11(2)16(23)8-14(10)18/h3-5,7,11,14-15,17-20,24H,1,6,8-9H2,2H3/t11-,14+,15+,17+,18+,19-,20-/m1/s1. The second-order valence-electron chi connectivity index (χ2n) is 7.93. The Morgan fingerprint density at radius 2 is 2.07 bits per heavy atom. The van der Waals surface area contributed by atoms with E-state index in [1.807, 2.05) is 31.2 Å². The van der Waals surface area contributed by atoms with Crippen molar-refractivity contribution >= 4 is 35.1 Å². The Kier molecular flexibility index (Phi) is 5.12. The van der Waals surface area contributed by atoms with Crippen molar-refractivity contribution < 1.29 is 19.4 Å². The predicted octanol–water partition coefficient (Wildman–Crippen LogP) is 3.75. The van der Waals surface area contributed by atoms with Gasteiger partial charge in [-0.15, -0.1) is 11.8 Å². The number of thioether (sulfide) groups is 1. The number of carbonyl (C=O) groups is 2. The van der Waals surface area contributed by atoms with Crippen molar-refractivity contribution in [3.63, 3.8) is 0 Å². The summed E-state index contributed by atoms with van der Waals surface area (Å²) in [6.07, 6.45) is -0.216. The van der Waals surface area contributed by atoms with Crippen molar-refractivity contribution in [3.8, 4) is 0 Å². The van der Waals surface area contributed by atoms with Crippen LogP contribution in [0.3, 0.4) is 0 Å². The molecular formula is C21H23ClO4S. The number of Topliss-reactive ketones (excluding diaryl/α,β-unsaturated/α-hetero) is 1. The number of hydrogen-bond donors (Lipinski definition) is 1. The second kappa shape index (κ2) is 7.26. The molecule has 0 bridgehead atoms. The third-order valence-electron chi connectivity index (χ3n) is 6.41. The van der Waals surface area contributed by atoms with Crippen LogP contribution in [-0.4, -0.2) is 34.8 Å². The zero-order valence-electron chi connectivity index (χ0n) is 15.1. The van der Waals surface area contributed by atoms with Crippen molar-refractivity contribution in [3.05, 3.63) is 41.4 Å². The average molecular weight is 407 g/mol. The summed E-state index contributed by atoms with van der Waals surface area (Å²) in [5.74, 6) is -0.486. The number of rotatable bonds is 3. The van der Waals surface area contributed by atoms with Crippen molar-refractivity contribution in [1.82, 2.24) is 0 Å². The summed E-state index contributed by atoms with van der Waals surface area (Å²) in [4.78, 5) is 26.0. The van der Waals surface area contributed by atoms with Gasteiger partial charge >= 0.3 is 5.97 Å². The van der Waals surface area contributed by atoms with Gasteiger partial charge in [-0.25, -0.2) is 0 Å². The Morgan fingerprint density at radius 1 is 1.30 bits per heavy atom. The quantitative estimate of drug-likeness (QED) is 0.470. The summed E-state index contributed by atoms with van der Waals surface area (Å²) in [5, 5.41) is 11.5. The van der Waals surface area contributed by atoms with Gasteiger partial charge in [-0.3, -0.25) is 9.59 Å². The minimum Gasteiger partial charge on any atom is -0.461 e. The first-order chi connectivity index (χ1) is 12.9. The molecule has 0 aromatic heterocycles. The summed E-state index contributed by atoms with van der Waals surface area (Å²) in [6, 6.07) is 7.50. The predicted molar refractivity (Wildman–Crippen MR) is 105 cm³/mol. The van der Waals surface area contributed by atoms with Crippen LogP contribution >= 0.6 is 23.4 Å². The molecule has 4 rings (SSSR count). The molecule has 0 spiro atoms. The number of halogens is 1. The summed E-state index contributed by atoms with van der Waals surface area (Å²) < 4.78 is 5.79. The van der Waals surface area contributed by atoms with Crippen LogP contribution in [-0.2, 0) is 14.3 Å². The molecule has 2 saturated carbocycles. The highest BCUT2D eigenvalue weighted by Crippen LogP contribution is 2.52. The van der Waals surface area contributed by atoms with E-state index in [1.54, 1.807) is 11.8 Å². The molecule has 0 unspecified atom stereocenters. The first-order valence-electron chi connectivity index (χ1n) is 9.34. The van der Waals surface area contributed by atoms with E-state index in [1.165, 1.54) is 0 Å². The molecule has 3 aliphatic rings. The van der Waals surface area contributed by atoms with Gasteiger partial charge in [-0.2, -0.15) is 0 Å². The molecular weight excluding hydrogens is 384 g/mol. The van der Waals surface area contributed by atoms with Gasteiger partial charge in [0.05, 0.1) is 12.0 Å². The van der Waals surface area contributed by atoms with Gasteiger partial charge in [0.2, 0.25) is 0 Å². The maximum absolute atomic E-state index is 12.7. The van der Waals surface area contributed by atoms with Crippen molar-refractivity contribution in [2.75, 3.05) is 5.75 Å². The number of ether oxygens (including phenoxy) is 1. The maximum atomic E-state index is 12.7. The third kappa shape index (κ3) is 3.34. The minimum atomic E-state index is -0.674. The number of ketones is 1. The summed E-state index contributed by atoms with van der Waals surface area (Å²) >= 11 is 7.59. The summed E-state index contributed by atoms with van der Waals surface area (Å²) in [7, 11) is 0. The largest absolute Gasteiger partial charge is 0.461 e. The highest BCUT2D eigenvalue weighted by Gasteiger charge is 2.58. The van der Waals surface area contributed by atoms with Gasteiger partial charge in [-0.05, 0) is 30.5 Å². The van der Waals surface area contributed by atoms with E-state index in [9.17, 15) is 14.7 Å². The molecule has 1 aromatic carbocycles. The molecule has 4 nitrogen and oxygen atoms in total. The number of esters is 1. The number of carbonyl (C=O) groups excluding carboxylic acids is 2. The monoisotopic (exact) mass is 406 g/mol. The Labute approximate surface area is 168 Å². The molecule has 0 amide bonds. The second-order valence-corrected chi connectivity index (χ2v) is 9.46. The summed E-state index contributed by atoms with van der Waals surface area (Å²) in [5.41, 5.74) is 0.914. The average Bonchev–Trinajstić information content (AvgIpc) is 3.06. The number of hydrogen-bond acceptors (Lipinski definition) is 5. The normalized spacial score (nSPS) is 38.3. The molecule has 144 valence electrons. The smallest absolute Gasteiger partial charge is 0.310 e. The number of aliphatic hydroxyl groups is 1. The fourth-order valence-corrected chi connectivity index (χ4v) is 6.39. The Balaban J connectivity index is 1.59. The molecule has 1 N–H and O–H groups in total. The first-order valence-corrected chi connectivity index (χ1v) is 10.7. The molecule has 1 heterocycles. The number of fused-ring (bicyclic) bond motifs is 3. The lowest BCUT2D eigenvalue weighted by atomic mass is 9.77. The Morgan fingerprint density at radius 3 is 2.81 bits per heavy atom. The van der Waals surface area contributed by atoms with Crippen molar-refractivity contribution in [2.45, 2.75) is 36.9 Å². The van der Waals surface area contributed by atoms with E-state index >= 15 is 0 Å². The molecule has 1 aromatic rings. The topological polar surface area (TPSA) is 63.6 Å². The van der Waals surface area contributed by atoms with E-state index in [2.05, 4.69) is 6.58 Å². The van der Waals surface area contributed by atoms with E-state index < -0.39 is 18.1 Å². The van der Waals surface area contributed by atoms with Crippen LogP contribution in [0.4, 0.5) is 0 Å². The van der Waals surface area contributed by atoms with Crippen LogP contribution in [0.15, 0.2) is 41.3 Å². The van der Waals surface area contributed by atoms with Crippen LogP contribution < -0.4 is 0 Å². The van der Waals surface area contributed by atoms with Gasteiger partial charge in [0.1, 0.15) is 11.9 Å². The van der Waals surface area contributed by atoms with E-state index in [0.717, 1.165) is 10.5 Å². The van der Waals surface area contributed by atoms with E-state index in [4.69, 9.17) is 16.3 Å². The van der Waals surface area contributed by atoms with Gasteiger partial charge in [-0.1, -0.05) is 36.7 Å². The zero-order chi connectivity index (χ0) is 19.3. The van der Waals surface area contributed by atoms with Gasteiger partial charge < -0.3 is 9.84 Å². The zero-order valence-corrected chi connectivity index (χ0v) is 16.7. The lowest BCUT2D eigenvalue weighted by Gasteiger charge is -2.29. The lowest BCUT2D eigenvalue weighted by molar-refractivity contribution is -0.146. The maximum Gasteiger partial charge on any atom is 0.310 e. The highest BCUT2D eigenvalue weighted by atomic mass is 35.5. The van der Waals surface area contributed by atoms with Gasteiger partial charge in [0, 0.05) is 39.8 Å². The van der Waals surface area contributed by atoms with Gasteiger partial charge in [0.15, 0.2) is 0 Å². The van der Waals surface area contributed by atoms with Crippen LogP contribution in [0.1, 0.15) is 19.8 Å². The number of benzene rings is 1. The molecule has 6 heteroatoms. The Bertz CT molecular complexity index is 794. The SMILES string of the molecule is C=C1C[C@H](O)[C@@H]2[C@H](OC(=O)[C@H]2CSc2cccc(Cl)c2)[C@H]2[C@H](C)C(=O)C[C@@H]12. The van der Waals surface area contributed by atoms with Crippen LogP contribution in [0, 0.1) is 29.6 Å². The molecule has 1 aliphatic heterocycles. The van der Waals surface area contributed by atoms with E-state index in [-0.39, 0.29) is 35.4 Å². The van der Waals surface area contributed by atoms with Crippen LogP contribution in [0.2, 0.25) is 5.02 Å². The molecule has 7 atom stereocenters. The van der Waals surface area contributed by atoms with E-state index in [0.29, 0.717) is 23.6 Å². The first kappa shape index (κ1) is 19.0. The fourth-order valence-electron chi connectivity index (χ4n) is 5.02. The fraction of sp³-hybridized carbons (Fsp3) is 0.524. The van der Waals surface area contributed by atoms with Crippen LogP contribution in [0.5, 0.6) is 0 Å². The molecule has 2 aliphatic carbocycles. The van der Waals surface area contributed by atoms with Crippen molar-refractivity contribution in [2.24, 2.45) is 29.6 Å². The highest BCUT2D eigenvalue weighted by molar-refractivity contribution is 7.99. The van der Waals surface area contributed by atoms with Crippen molar-refractivity contribution in [1.29, 1.82) is 0 Å². The molecule has 1 saturated heterocycles. The Hall–Kier alpha value is -1.30. The third-order valence-corrected chi connectivity index (χ3v) is 7.76. The minimum absolute atomic E-state index is 0.00397. The lowest BCUT2D eigenvalue weighted by Crippen LogP contribution is -2.38. The summed E-state index contributed by atoms with van der Waals surface area (Å²) in [6.45, 7) is 6.05. The molecule has 3 fully saturated rings. The van der Waals surface area contributed by atoms with Crippen LogP contribution in [0.25, 0.3) is 0 Å². The van der Waals surface area contributed by atoms with Gasteiger partial charge in [0.25, 0.3) is 0 Å². The molecule has 0 radical (unpaired) electrons.